The first-order chi connectivity index (χ1) is 9.58. The molecule has 0 radical (unpaired) electrons. The van der Waals surface area contributed by atoms with Crippen LogP contribution in [-0.4, -0.2) is 5.91 Å². The fourth-order valence-corrected chi connectivity index (χ4v) is 2.27. The Kier molecular flexibility index (Phi) is 4.77. The number of hydrogen-bond acceptors (Lipinski definition) is 2. The van der Waals surface area contributed by atoms with Crippen molar-refractivity contribution < 1.29 is 4.79 Å². The van der Waals surface area contributed by atoms with Gasteiger partial charge in [-0.3, -0.25) is 4.79 Å². The maximum absolute atomic E-state index is 11.4. The molecule has 0 aliphatic carbocycles. The van der Waals surface area contributed by atoms with Crippen LogP contribution in [0.3, 0.4) is 0 Å². The van der Waals surface area contributed by atoms with Gasteiger partial charge in [0.15, 0.2) is 0 Å². The molecule has 104 valence electrons. The van der Waals surface area contributed by atoms with Crippen molar-refractivity contribution in [2.75, 3.05) is 0 Å². The minimum absolute atomic E-state index is 0.134. The van der Waals surface area contributed by atoms with E-state index in [1.54, 1.807) is 6.07 Å². The Labute approximate surface area is 123 Å². The molecule has 2 rings (SSSR count). The van der Waals surface area contributed by atoms with E-state index < -0.39 is 5.91 Å². The van der Waals surface area contributed by atoms with Crippen LogP contribution in [-0.2, 0) is 6.54 Å². The molecule has 0 unspecified atom stereocenters. The van der Waals surface area contributed by atoms with Crippen LogP contribution in [0, 0.1) is 0 Å². The maximum atomic E-state index is 11.4. The quantitative estimate of drug-likeness (QED) is 0.887. The summed E-state index contributed by atoms with van der Waals surface area (Å²) in [6.07, 6.45) is 0. The molecule has 0 aliphatic rings. The monoisotopic (exact) mass is 288 g/mol. The molecule has 2 aromatic carbocycles. The fraction of sp³-hybridized carbons (Fsp3) is 0.188. The van der Waals surface area contributed by atoms with E-state index in [0.717, 1.165) is 11.1 Å². The summed E-state index contributed by atoms with van der Waals surface area (Å²) in [6, 6.07) is 15.2. The lowest BCUT2D eigenvalue weighted by atomic mass is 10.1. The van der Waals surface area contributed by atoms with Gasteiger partial charge in [0.2, 0.25) is 5.91 Å². The van der Waals surface area contributed by atoms with Gasteiger partial charge < -0.3 is 11.1 Å². The minimum atomic E-state index is -0.405. The van der Waals surface area contributed by atoms with Gasteiger partial charge in [-0.25, -0.2) is 0 Å². The number of hydrogen-bond donors (Lipinski definition) is 2. The Hall–Kier alpha value is -1.84. The number of primary amides is 1. The Morgan fingerprint density at radius 2 is 2.00 bits per heavy atom. The first-order valence-corrected chi connectivity index (χ1v) is 6.82. The van der Waals surface area contributed by atoms with Crippen molar-refractivity contribution >= 4 is 17.5 Å². The highest BCUT2D eigenvalue weighted by Crippen LogP contribution is 2.18. The molecule has 0 spiro atoms. The second-order valence-corrected chi connectivity index (χ2v) is 5.12. The number of nitrogens with two attached hydrogens (primary N) is 1. The fourth-order valence-electron chi connectivity index (χ4n) is 2.07. The van der Waals surface area contributed by atoms with Crippen LogP contribution in [0.4, 0.5) is 0 Å². The predicted molar refractivity (Wildman–Crippen MR) is 81.7 cm³/mol. The summed E-state index contributed by atoms with van der Waals surface area (Å²) in [5, 5.41) is 4.09. The van der Waals surface area contributed by atoms with Gasteiger partial charge in [-0.1, -0.05) is 41.9 Å². The standard InChI is InChI=1S/C16H17ClN2O/c1-11(12-6-4-7-14(17)9-12)19-10-13-5-2-3-8-15(13)16(18)20/h2-9,11,19H,10H2,1H3,(H2,18,20)/t11-/m1/s1. The van der Waals surface area contributed by atoms with Crippen molar-refractivity contribution in [2.24, 2.45) is 5.73 Å². The van der Waals surface area contributed by atoms with Gasteiger partial charge in [0, 0.05) is 23.2 Å². The molecule has 0 fully saturated rings. The Bertz CT molecular complexity index is 613. The van der Waals surface area contributed by atoms with Crippen LogP contribution < -0.4 is 11.1 Å². The number of carbonyl (C=O) groups excluding carboxylic acids is 1. The molecule has 1 amide bonds. The SMILES string of the molecule is C[C@@H](NCc1ccccc1C(N)=O)c1cccc(Cl)c1. The largest absolute Gasteiger partial charge is 0.366 e. The van der Waals surface area contributed by atoms with Gasteiger partial charge >= 0.3 is 0 Å². The van der Waals surface area contributed by atoms with Crippen LogP contribution in [0.5, 0.6) is 0 Å². The molecule has 0 heterocycles. The summed E-state index contributed by atoms with van der Waals surface area (Å²) >= 11 is 5.98. The van der Waals surface area contributed by atoms with Gasteiger partial charge in [-0.15, -0.1) is 0 Å². The van der Waals surface area contributed by atoms with Crippen LogP contribution in [0.15, 0.2) is 48.5 Å². The van der Waals surface area contributed by atoms with Gasteiger partial charge in [0.05, 0.1) is 0 Å². The Morgan fingerprint density at radius 1 is 1.25 bits per heavy atom. The Morgan fingerprint density at radius 3 is 2.70 bits per heavy atom. The maximum Gasteiger partial charge on any atom is 0.249 e. The third-order valence-electron chi connectivity index (χ3n) is 3.23. The summed E-state index contributed by atoms with van der Waals surface area (Å²) in [4.78, 5) is 11.4. The molecule has 0 saturated heterocycles. The molecule has 0 aromatic heterocycles. The average Bonchev–Trinajstić information content (AvgIpc) is 2.45. The number of carbonyl (C=O) groups is 1. The van der Waals surface area contributed by atoms with Gasteiger partial charge in [0.25, 0.3) is 0 Å². The summed E-state index contributed by atoms with van der Waals surface area (Å²) in [5.41, 5.74) is 7.92. The Balaban J connectivity index is 2.07. The minimum Gasteiger partial charge on any atom is -0.366 e. The van der Waals surface area contributed by atoms with Crippen molar-refractivity contribution in [2.45, 2.75) is 19.5 Å². The number of halogens is 1. The second-order valence-electron chi connectivity index (χ2n) is 4.68. The smallest absolute Gasteiger partial charge is 0.249 e. The van der Waals surface area contributed by atoms with Gasteiger partial charge in [0.1, 0.15) is 0 Å². The molecule has 0 saturated carbocycles. The third-order valence-corrected chi connectivity index (χ3v) is 3.47. The molecule has 4 heteroatoms. The summed E-state index contributed by atoms with van der Waals surface area (Å²) < 4.78 is 0. The van der Waals surface area contributed by atoms with Crippen molar-refractivity contribution in [3.63, 3.8) is 0 Å². The molecule has 0 aliphatic heterocycles. The van der Waals surface area contributed by atoms with E-state index in [2.05, 4.69) is 12.2 Å². The van der Waals surface area contributed by atoms with E-state index in [9.17, 15) is 4.79 Å². The molecule has 3 nitrogen and oxygen atoms in total. The zero-order chi connectivity index (χ0) is 14.5. The van der Waals surface area contributed by atoms with Crippen molar-refractivity contribution in [1.29, 1.82) is 0 Å². The normalized spacial score (nSPS) is 12.1. The number of rotatable bonds is 5. The van der Waals surface area contributed by atoms with E-state index in [0.29, 0.717) is 17.1 Å². The van der Waals surface area contributed by atoms with Crippen molar-refractivity contribution in [3.8, 4) is 0 Å². The van der Waals surface area contributed by atoms with E-state index in [4.69, 9.17) is 17.3 Å². The van der Waals surface area contributed by atoms with Crippen LogP contribution in [0.2, 0.25) is 5.02 Å². The summed E-state index contributed by atoms with van der Waals surface area (Å²) in [7, 11) is 0. The lowest BCUT2D eigenvalue weighted by molar-refractivity contribution is 0.0999. The lowest BCUT2D eigenvalue weighted by Gasteiger charge is -2.15. The van der Waals surface area contributed by atoms with E-state index in [1.165, 1.54) is 0 Å². The van der Waals surface area contributed by atoms with Crippen molar-refractivity contribution in [1.82, 2.24) is 5.32 Å². The summed E-state index contributed by atoms with van der Waals surface area (Å²) in [6.45, 7) is 2.63. The highest BCUT2D eigenvalue weighted by Gasteiger charge is 2.09. The first kappa shape index (κ1) is 14.6. The molecule has 1 atom stereocenters. The van der Waals surface area contributed by atoms with E-state index >= 15 is 0 Å². The van der Waals surface area contributed by atoms with Crippen LogP contribution in [0.1, 0.15) is 34.5 Å². The zero-order valence-electron chi connectivity index (χ0n) is 11.3. The van der Waals surface area contributed by atoms with Crippen LogP contribution >= 0.6 is 11.6 Å². The molecule has 2 aromatic rings. The first-order valence-electron chi connectivity index (χ1n) is 6.44. The van der Waals surface area contributed by atoms with Gasteiger partial charge in [-0.2, -0.15) is 0 Å². The number of amides is 1. The highest BCUT2D eigenvalue weighted by molar-refractivity contribution is 6.30. The number of nitrogens with one attached hydrogen (secondary N) is 1. The van der Waals surface area contributed by atoms with Gasteiger partial charge in [-0.05, 0) is 36.2 Å². The lowest BCUT2D eigenvalue weighted by Crippen LogP contribution is -2.21. The molecule has 3 N–H and O–H groups in total. The molecular formula is C16H17ClN2O. The summed E-state index contributed by atoms with van der Waals surface area (Å²) in [5.74, 6) is -0.405. The molecule has 20 heavy (non-hydrogen) atoms. The topological polar surface area (TPSA) is 55.1 Å². The second kappa shape index (κ2) is 6.55. The third kappa shape index (κ3) is 3.59. The number of benzene rings is 2. The predicted octanol–water partition coefficient (Wildman–Crippen LogP) is 3.29. The average molecular weight is 289 g/mol. The molecular weight excluding hydrogens is 272 g/mol. The zero-order valence-corrected chi connectivity index (χ0v) is 12.0. The van der Waals surface area contributed by atoms with E-state index in [-0.39, 0.29) is 6.04 Å². The van der Waals surface area contributed by atoms with E-state index in [1.807, 2.05) is 42.5 Å². The highest BCUT2D eigenvalue weighted by atomic mass is 35.5. The van der Waals surface area contributed by atoms with Crippen LogP contribution in [0.25, 0.3) is 0 Å². The van der Waals surface area contributed by atoms with Crippen molar-refractivity contribution in [3.05, 3.63) is 70.2 Å². The molecule has 0 bridgehead atoms.